The van der Waals surface area contributed by atoms with Crippen molar-refractivity contribution in [1.29, 1.82) is 0 Å². The topological polar surface area (TPSA) is 55.6 Å². The maximum absolute atomic E-state index is 13.7. The summed E-state index contributed by atoms with van der Waals surface area (Å²) >= 11 is 0. The van der Waals surface area contributed by atoms with Crippen LogP contribution in [0.5, 0.6) is 0 Å². The lowest BCUT2D eigenvalue weighted by Crippen LogP contribution is -2.25. The van der Waals surface area contributed by atoms with Gasteiger partial charge in [-0.05, 0) is 41.5 Å². The molecule has 20 heavy (non-hydrogen) atoms. The quantitative estimate of drug-likeness (QED) is 0.910. The smallest absolute Gasteiger partial charge is 0.165 e. The van der Waals surface area contributed by atoms with E-state index in [1.807, 2.05) is 13.0 Å². The largest absolute Gasteiger partial charge is 0.308 e. The van der Waals surface area contributed by atoms with Gasteiger partial charge in [-0.15, -0.1) is 5.10 Å². The van der Waals surface area contributed by atoms with E-state index in [9.17, 15) is 4.39 Å². The fourth-order valence-corrected chi connectivity index (χ4v) is 1.94. The van der Waals surface area contributed by atoms with E-state index >= 15 is 0 Å². The van der Waals surface area contributed by atoms with Gasteiger partial charge >= 0.3 is 0 Å². The number of tetrazole rings is 1. The number of aryl methyl sites for hydroxylation is 1. The number of hydrogen-bond acceptors (Lipinski definition) is 4. The number of nitrogens with one attached hydrogen (secondary N) is 1. The Morgan fingerprint density at radius 1 is 1.30 bits per heavy atom. The maximum Gasteiger partial charge on any atom is 0.165 e. The first kappa shape index (κ1) is 14.6. The standard InChI is InChI=1S/C14H20FN5/c1-9(2)16-8-14-17-18-19-20(14)11(4)12-6-5-10(3)13(15)7-12/h5-7,9,11,16H,8H2,1-4H3. The van der Waals surface area contributed by atoms with Crippen LogP contribution in [-0.4, -0.2) is 26.2 Å². The fraction of sp³-hybridized carbons (Fsp3) is 0.500. The molecule has 5 nitrogen and oxygen atoms in total. The highest BCUT2D eigenvalue weighted by atomic mass is 19.1. The molecule has 6 heteroatoms. The van der Waals surface area contributed by atoms with Crippen LogP contribution >= 0.6 is 0 Å². The predicted octanol–water partition coefficient (Wildman–Crippen LogP) is 2.23. The van der Waals surface area contributed by atoms with E-state index in [4.69, 9.17) is 0 Å². The summed E-state index contributed by atoms with van der Waals surface area (Å²) in [7, 11) is 0. The van der Waals surface area contributed by atoms with Gasteiger partial charge in [0.2, 0.25) is 0 Å². The van der Waals surface area contributed by atoms with E-state index in [1.54, 1.807) is 23.7 Å². The SMILES string of the molecule is Cc1ccc(C(C)n2nnnc2CNC(C)C)cc1F. The second-order valence-corrected chi connectivity index (χ2v) is 5.26. The number of benzene rings is 1. The van der Waals surface area contributed by atoms with Gasteiger partial charge in [0.1, 0.15) is 5.82 Å². The van der Waals surface area contributed by atoms with Crippen molar-refractivity contribution in [2.75, 3.05) is 0 Å². The first-order valence-electron chi connectivity index (χ1n) is 6.75. The van der Waals surface area contributed by atoms with Crippen LogP contribution in [0, 0.1) is 12.7 Å². The van der Waals surface area contributed by atoms with Crippen LogP contribution in [-0.2, 0) is 6.54 Å². The van der Waals surface area contributed by atoms with Crippen LogP contribution in [0.15, 0.2) is 18.2 Å². The Bertz CT molecular complexity index is 579. The lowest BCUT2D eigenvalue weighted by atomic mass is 10.1. The zero-order valence-electron chi connectivity index (χ0n) is 12.3. The molecule has 0 bridgehead atoms. The van der Waals surface area contributed by atoms with Gasteiger partial charge in [0, 0.05) is 6.04 Å². The third kappa shape index (κ3) is 3.19. The molecule has 1 aromatic heterocycles. The molecule has 0 amide bonds. The molecule has 0 spiro atoms. The molecule has 1 atom stereocenters. The minimum atomic E-state index is -0.204. The van der Waals surface area contributed by atoms with E-state index in [0.717, 1.165) is 11.4 Å². The summed E-state index contributed by atoms with van der Waals surface area (Å²) in [5.74, 6) is 0.538. The minimum Gasteiger partial charge on any atom is -0.308 e. The molecule has 0 aliphatic rings. The average Bonchev–Trinajstić information content (AvgIpc) is 2.87. The third-order valence-electron chi connectivity index (χ3n) is 3.27. The van der Waals surface area contributed by atoms with Crippen LogP contribution < -0.4 is 5.32 Å². The summed E-state index contributed by atoms with van der Waals surface area (Å²) in [6, 6.07) is 5.47. The van der Waals surface area contributed by atoms with Crippen LogP contribution in [0.3, 0.4) is 0 Å². The molecule has 0 radical (unpaired) electrons. The highest BCUT2D eigenvalue weighted by Crippen LogP contribution is 2.20. The first-order chi connectivity index (χ1) is 9.49. The number of nitrogens with zero attached hydrogens (tertiary/aromatic N) is 4. The van der Waals surface area contributed by atoms with Gasteiger partial charge in [-0.25, -0.2) is 9.07 Å². The molecular formula is C14H20FN5. The second kappa shape index (κ2) is 6.09. The summed E-state index contributed by atoms with van der Waals surface area (Å²) in [4.78, 5) is 0. The van der Waals surface area contributed by atoms with Crippen molar-refractivity contribution in [2.45, 2.75) is 46.3 Å². The fourth-order valence-electron chi connectivity index (χ4n) is 1.94. The second-order valence-electron chi connectivity index (χ2n) is 5.26. The molecule has 1 heterocycles. The van der Waals surface area contributed by atoms with Gasteiger partial charge in [-0.1, -0.05) is 26.0 Å². The normalized spacial score (nSPS) is 12.9. The number of rotatable bonds is 5. The van der Waals surface area contributed by atoms with Gasteiger partial charge in [0.05, 0.1) is 12.6 Å². The van der Waals surface area contributed by atoms with Gasteiger partial charge in [-0.3, -0.25) is 0 Å². The van der Waals surface area contributed by atoms with Gasteiger partial charge in [0.15, 0.2) is 5.82 Å². The molecule has 0 saturated carbocycles. The summed E-state index contributed by atoms with van der Waals surface area (Å²) in [6.07, 6.45) is 0. The number of halogens is 1. The van der Waals surface area contributed by atoms with Crippen molar-refractivity contribution in [3.05, 3.63) is 41.0 Å². The minimum absolute atomic E-state index is 0.107. The summed E-state index contributed by atoms with van der Waals surface area (Å²) in [5, 5.41) is 15.0. The Balaban J connectivity index is 2.22. The Morgan fingerprint density at radius 2 is 2.05 bits per heavy atom. The lowest BCUT2D eigenvalue weighted by molar-refractivity contribution is 0.488. The Labute approximate surface area is 118 Å². The van der Waals surface area contributed by atoms with E-state index < -0.39 is 0 Å². The molecule has 1 unspecified atom stereocenters. The molecular weight excluding hydrogens is 257 g/mol. The van der Waals surface area contributed by atoms with E-state index in [1.165, 1.54) is 0 Å². The molecule has 0 aliphatic carbocycles. The molecule has 0 fully saturated rings. The van der Waals surface area contributed by atoms with Crippen LogP contribution in [0.2, 0.25) is 0 Å². The molecule has 2 rings (SSSR count). The zero-order valence-corrected chi connectivity index (χ0v) is 12.3. The van der Waals surface area contributed by atoms with Crippen molar-refractivity contribution in [1.82, 2.24) is 25.5 Å². The lowest BCUT2D eigenvalue weighted by Gasteiger charge is -2.15. The van der Waals surface area contributed by atoms with E-state index in [-0.39, 0.29) is 11.9 Å². The van der Waals surface area contributed by atoms with Crippen molar-refractivity contribution < 1.29 is 4.39 Å². The van der Waals surface area contributed by atoms with Gasteiger partial charge < -0.3 is 5.32 Å². The van der Waals surface area contributed by atoms with Gasteiger partial charge in [-0.2, -0.15) is 0 Å². The van der Waals surface area contributed by atoms with Crippen LogP contribution in [0.25, 0.3) is 0 Å². The van der Waals surface area contributed by atoms with Crippen LogP contribution in [0.4, 0.5) is 4.39 Å². The molecule has 1 aromatic carbocycles. The summed E-state index contributed by atoms with van der Waals surface area (Å²) < 4.78 is 15.4. The van der Waals surface area contributed by atoms with Crippen molar-refractivity contribution in [3.63, 3.8) is 0 Å². The number of hydrogen-bond donors (Lipinski definition) is 1. The van der Waals surface area contributed by atoms with Crippen molar-refractivity contribution >= 4 is 0 Å². The molecule has 0 aliphatic heterocycles. The first-order valence-corrected chi connectivity index (χ1v) is 6.75. The van der Waals surface area contributed by atoms with Crippen molar-refractivity contribution in [2.24, 2.45) is 0 Å². The van der Waals surface area contributed by atoms with E-state index in [2.05, 4.69) is 34.7 Å². The predicted molar refractivity (Wildman–Crippen MR) is 74.7 cm³/mol. The molecule has 1 N–H and O–H groups in total. The molecule has 2 aromatic rings. The average molecular weight is 277 g/mol. The monoisotopic (exact) mass is 277 g/mol. The van der Waals surface area contributed by atoms with Gasteiger partial charge in [0.25, 0.3) is 0 Å². The third-order valence-corrected chi connectivity index (χ3v) is 3.27. The molecule has 108 valence electrons. The van der Waals surface area contributed by atoms with Crippen molar-refractivity contribution in [3.8, 4) is 0 Å². The Kier molecular flexibility index (Phi) is 4.44. The zero-order chi connectivity index (χ0) is 14.7. The highest BCUT2D eigenvalue weighted by Gasteiger charge is 2.15. The summed E-state index contributed by atoms with van der Waals surface area (Å²) in [5.41, 5.74) is 1.49. The Morgan fingerprint density at radius 3 is 2.70 bits per heavy atom. The molecule has 0 saturated heterocycles. The highest BCUT2D eigenvalue weighted by molar-refractivity contribution is 5.25. The van der Waals surface area contributed by atoms with Crippen LogP contribution in [0.1, 0.15) is 43.8 Å². The number of aromatic nitrogens is 4. The van der Waals surface area contributed by atoms with E-state index in [0.29, 0.717) is 18.2 Å². The Hall–Kier alpha value is -1.82. The maximum atomic E-state index is 13.7. The summed E-state index contributed by atoms with van der Waals surface area (Å²) in [6.45, 7) is 8.42.